The summed E-state index contributed by atoms with van der Waals surface area (Å²) in [4.78, 5) is 12.6. The lowest BCUT2D eigenvalue weighted by molar-refractivity contribution is 0.0355. The summed E-state index contributed by atoms with van der Waals surface area (Å²) < 4.78 is 5.09. The van der Waals surface area contributed by atoms with Crippen molar-refractivity contribution < 1.29 is 9.53 Å². The van der Waals surface area contributed by atoms with Crippen LogP contribution < -0.4 is 0 Å². The molecule has 0 N–H and O–H groups in total. The second kappa shape index (κ2) is 3.61. The van der Waals surface area contributed by atoms with E-state index in [-0.39, 0.29) is 6.09 Å². The van der Waals surface area contributed by atoms with Crippen LogP contribution in [0.1, 0.15) is 27.7 Å². The Hall–Kier alpha value is -0.990. The van der Waals surface area contributed by atoms with Crippen molar-refractivity contribution in [1.82, 2.24) is 4.90 Å². The van der Waals surface area contributed by atoms with Crippen molar-refractivity contribution >= 4 is 6.09 Å². The molecule has 0 fully saturated rings. The van der Waals surface area contributed by atoms with Crippen molar-refractivity contribution in [3.05, 3.63) is 12.3 Å². The fraction of sp³-hybridized carbons (Fsp3) is 0.667. The molecule has 0 aliphatic rings. The highest BCUT2D eigenvalue weighted by Gasteiger charge is 2.19. The number of allylic oxidation sites excluding steroid dienone is 1. The predicted molar refractivity (Wildman–Crippen MR) is 48.8 cm³/mol. The number of amides is 1. The normalized spacial score (nSPS) is 10.8. The molecule has 0 aromatic carbocycles. The summed E-state index contributed by atoms with van der Waals surface area (Å²) in [5, 5.41) is 0. The van der Waals surface area contributed by atoms with E-state index in [9.17, 15) is 4.79 Å². The monoisotopic (exact) mass is 171 g/mol. The van der Waals surface area contributed by atoms with E-state index in [1.54, 1.807) is 14.0 Å². The smallest absolute Gasteiger partial charge is 0.414 e. The highest BCUT2D eigenvalue weighted by Crippen LogP contribution is 2.10. The number of hydrogen-bond acceptors (Lipinski definition) is 2. The largest absolute Gasteiger partial charge is 0.443 e. The molecule has 70 valence electrons. The highest BCUT2D eigenvalue weighted by atomic mass is 16.6. The lowest BCUT2D eigenvalue weighted by Gasteiger charge is -2.24. The van der Waals surface area contributed by atoms with Crippen LogP contribution in [-0.2, 0) is 4.74 Å². The fourth-order valence-electron chi connectivity index (χ4n) is 0.486. The number of carbonyl (C=O) groups excluding carboxylic acids is 1. The Morgan fingerprint density at radius 1 is 1.42 bits per heavy atom. The molecule has 0 saturated carbocycles. The predicted octanol–water partition coefficient (Wildman–Crippen LogP) is 2.39. The third kappa shape index (κ3) is 4.01. The molecule has 0 rings (SSSR count). The van der Waals surface area contributed by atoms with Gasteiger partial charge in [0.15, 0.2) is 0 Å². The van der Waals surface area contributed by atoms with Crippen molar-refractivity contribution in [1.29, 1.82) is 0 Å². The molecule has 0 atom stereocenters. The van der Waals surface area contributed by atoms with E-state index in [1.165, 1.54) is 4.90 Å². The first-order chi connectivity index (χ1) is 5.24. The zero-order valence-electron chi connectivity index (χ0n) is 8.47. The van der Waals surface area contributed by atoms with Gasteiger partial charge in [0.2, 0.25) is 0 Å². The molecule has 1 amide bonds. The molecule has 0 bridgehead atoms. The topological polar surface area (TPSA) is 29.5 Å². The van der Waals surface area contributed by atoms with E-state index in [2.05, 4.69) is 6.58 Å². The van der Waals surface area contributed by atoms with Crippen LogP contribution in [0.3, 0.4) is 0 Å². The minimum atomic E-state index is -0.444. The molecule has 0 aromatic rings. The van der Waals surface area contributed by atoms with Gasteiger partial charge in [-0.1, -0.05) is 6.58 Å². The Labute approximate surface area is 74.0 Å². The number of carbonyl (C=O) groups is 1. The van der Waals surface area contributed by atoms with Crippen LogP contribution in [0, 0.1) is 0 Å². The first-order valence-electron chi connectivity index (χ1n) is 3.86. The molecule has 3 heteroatoms. The van der Waals surface area contributed by atoms with Gasteiger partial charge in [-0.3, -0.25) is 4.90 Å². The van der Waals surface area contributed by atoms with Crippen LogP contribution in [0.4, 0.5) is 4.79 Å². The van der Waals surface area contributed by atoms with Gasteiger partial charge in [-0.25, -0.2) is 4.79 Å². The number of hydrogen-bond donors (Lipinski definition) is 0. The summed E-state index contributed by atoms with van der Waals surface area (Å²) in [6, 6.07) is 0. The van der Waals surface area contributed by atoms with E-state index in [4.69, 9.17) is 4.74 Å². The Bertz CT molecular complexity index is 191. The molecule has 0 aliphatic carbocycles. The highest BCUT2D eigenvalue weighted by molar-refractivity contribution is 5.69. The van der Waals surface area contributed by atoms with Gasteiger partial charge in [0.1, 0.15) is 5.60 Å². The molecule has 0 aromatic heterocycles. The molecule has 0 spiro atoms. The average Bonchev–Trinajstić information content (AvgIpc) is 1.82. The zero-order chi connectivity index (χ0) is 9.94. The molecule has 0 unspecified atom stereocenters. The maximum absolute atomic E-state index is 11.2. The Kier molecular flexibility index (Phi) is 3.31. The van der Waals surface area contributed by atoms with E-state index >= 15 is 0 Å². The first-order valence-corrected chi connectivity index (χ1v) is 3.86. The molecular weight excluding hydrogens is 154 g/mol. The van der Waals surface area contributed by atoms with Crippen LogP contribution in [0.2, 0.25) is 0 Å². The number of ether oxygens (including phenoxy) is 1. The third-order valence-electron chi connectivity index (χ3n) is 1.24. The van der Waals surface area contributed by atoms with Gasteiger partial charge in [0, 0.05) is 12.7 Å². The van der Waals surface area contributed by atoms with Crippen LogP contribution in [0.15, 0.2) is 12.3 Å². The molecule has 0 aliphatic heterocycles. The van der Waals surface area contributed by atoms with Gasteiger partial charge in [0.25, 0.3) is 0 Å². The number of nitrogens with zero attached hydrogens (tertiary/aromatic N) is 1. The van der Waals surface area contributed by atoms with Crippen molar-refractivity contribution in [2.75, 3.05) is 7.05 Å². The van der Waals surface area contributed by atoms with Gasteiger partial charge < -0.3 is 4.74 Å². The lowest BCUT2D eigenvalue weighted by atomic mass is 10.2. The Balaban J connectivity index is 4.15. The molecule has 3 nitrogen and oxygen atoms in total. The van der Waals surface area contributed by atoms with Crippen molar-refractivity contribution in [3.63, 3.8) is 0 Å². The zero-order valence-corrected chi connectivity index (χ0v) is 8.47. The van der Waals surface area contributed by atoms with Crippen LogP contribution in [-0.4, -0.2) is 23.6 Å². The minimum absolute atomic E-state index is 0.366. The fourth-order valence-corrected chi connectivity index (χ4v) is 0.486. The van der Waals surface area contributed by atoms with Gasteiger partial charge in [-0.05, 0) is 27.7 Å². The van der Waals surface area contributed by atoms with Gasteiger partial charge in [-0.2, -0.15) is 0 Å². The second-order valence-corrected chi connectivity index (χ2v) is 3.77. The maximum atomic E-state index is 11.2. The first kappa shape index (κ1) is 11.0. The van der Waals surface area contributed by atoms with Crippen LogP contribution in [0.5, 0.6) is 0 Å². The van der Waals surface area contributed by atoms with Crippen LogP contribution in [0.25, 0.3) is 0 Å². The Morgan fingerprint density at radius 2 is 1.83 bits per heavy atom. The maximum Gasteiger partial charge on any atom is 0.414 e. The molecule has 0 heterocycles. The average molecular weight is 171 g/mol. The van der Waals surface area contributed by atoms with Crippen molar-refractivity contribution in [2.24, 2.45) is 0 Å². The lowest BCUT2D eigenvalue weighted by Crippen LogP contribution is -2.32. The minimum Gasteiger partial charge on any atom is -0.443 e. The van der Waals surface area contributed by atoms with Gasteiger partial charge >= 0.3 is 6.09 Å². The second-order valence-electron chi connectivity index (χ2n) is 3.77. The van der Waals surface area contributed by atoms with E-state index in [1.807, 2.05) is 20.8 Å². The van der Waals surface area contributed by atoms with Gasteiger partial charge in [-0.15, -0.1) is 0 Å². The summed E-state index contributed by atoms with van der Waals surface area (Å²) in [7, 11) is 1.64. The van der Waals surface area contributed by atoms with E-state index in [0.29, 0.717) is 5.70 Å². The SMILES string of the molecule is C=C(C)N(C)C(=O)OC(C)(C)C. The van der Waals surface area contributed by atoms with Crippen molar-refractivity contribution in [3.8, 4) is 0 Å². The standard InChI is InChI=1S/C9H17NO2/c1-7(2)10(6)8(11)12-9(3,4)5/h1H2,2-6H3. The van der Waals surface area contributed by atoms with Gasteiger partial charge in [0.05, 0.1) is 0 Å². The third-order valence-corrected chi connectivity index (χ3v) is 1.24. The quantitative estimate of drug-likeness (QED) is 0.606. The van der Waals surface area contributed by atoms with Crippen LogP contribution >= 0.6 is 0 Å². The summed E-state index contributed by atoms with van der Waals surface area (Å²) in [6.07, 6.45) is -0.366. The van der Waals surface area contributed by atoms with Crippen molar-refractivity contribution in [2.45, 2.75) is 33.3 Å². The molecular formula is C9H17NO2. The number of rotatable bonds is 1. The summed E-state index contributed by atoms with van der Waals surface area (Å²) in [5.74, 6) is 0. The van der Waals surface area contributed by atoms with E-state index < -0.39 is 5.60 Å². The molecule has 0 saturated heterocycles. The summed E-state index contributed by atoms with van der Waals surface area (Å²) >= 11 is 0. The van der Waals surface area contributed by atoms with E-state index in [0.717, 1.165) is 0 Å². The molecule has 0 radical (unpaired) electrons. The molecule has 12 heavy (non-hydrogen) atoms. The summed E-state index contributed by atoms with van der Waals surface area (Å²) in [6.45, 7) is 10.9. The summed E-state index contributed by atoms with van der Waals surface area (Å²) in [5.41, 5.74) is 0.227. The Morgan fingerprint density at radius 3 is 2.08 bits per heavy atom.